The average Bonchev–Trinajstić information content (AvgIpc) is 3.12. The third-order valence-electron chi connectivity index (χ3n) is 2.73. The maximum absolute atomic E-state index is 11.8. The Morgan fingerprint density at radius 2 is 2.26 bits per heavy atom. The highest BCUT2D eigenvalue weighted by atomic mass is 32.1. The molecule has 0 atom stereocenters. The molecule has 1 heterocycles. The Balaban J connectivity index is 1.62. The molecule has 6 nitrogen and oxygen atoms in total. The van der Waals surface area contributed by atoms with Crippen LogP contribution in [0.3, 0.4) is 0 Å². The molecule has 0 aromatic carbocycles. The standard InChI is InChI=1S/C12H20N4O2S/c1-2-5-14-12-16-15-11(19-12)10(17)13-6-7-18-8-9-3-4-9/h9H,2-8H2,1H3,(H,13,17)(H,14,16). The van der Waals surface area contributed by atoms with Gasteiger partial charge < -0.3 is 15.4 Å². The van der Waals surface area contributed by atoms with E-state index in [9.17, 15) is 4.79 Å². The van der Waals surface area contributed by atoms with Crippen molar-refractivity contribution in [2.45, 2.75) is 26.2 Å². The number of hydrogen-bond acceptors (Lipinski definition) is 6. The maximum Gasteiger partial charge on any atom is 0.282 e. The second-order valence-electron chi connectivity index (χ2n) is 4.61. The van der Waals surface area contributed by atoms with E-state index in [-0.39, 0.29) is 5.91 Å². The molecule has 1 aromatic rings. The van der Waals surface area contributed by atoms with E-state index in [1.165, 1.54) is 24.2 Å². The zero-order chi connectivity index (χ0) is 13.5. The minimum absolute atomic E-state index is 0.183. The van der Waals surface area contributed by atoms with Crippen molar-refractivity contribution in [2.75, 3.05) is 31.6 Å². The molecule has 2 N–H and O–H groups in total. The van der Waals surface area contributed by atoms with Crippen LogP contribution < -0.4 is 10.6 Å². The van der Waals surface area contributed by atoms with Gasteiger partial charge in [-0.3, -0.25) is 4.79 Å². The molecule has 0 saturated heterocycles. The Morgan fingerprint density at radius 3 is 3.00 bits per heavy atom. The van der Waals surface area contributed by atoms with Crippen molar-refractivity contribution in [3.8, 4) is 0 Å². The second kappa shape index (κ2) is 7.40. The van der Waals surface area contributed by atoms with Crippen LogP contribution in [0.5, 0.6) is 0 Å². The molecule has 1 aliphatic rings. The second-order valence-corrected chi connectivity index (χ2v) is 5.59. The zero-order valence-electron chi connectivity index (χ0n) is 11.1. The molecule has 0 unspecified atom stereocenters. The number of anilines is 1. The number of rotatable bonds is 9. The lowest BCUT2D eigenvalue weighted by Gasteiger charge is -2.03. The van der Waals surface area contributed by atoms with Gasteiger partial charge >= 0.3 is 0 Å². The van der Waals surface area contributed by atoms with Crippen LogP contribution in [0, 0.1) is 5.92 Å². The summed E-state index contributed by atoms with van der Waals surface area (Å²) < 4.78 is 5.44. The molecular weight excluding hydrogens is 264 g/mol. The molecule has 2 rings (SSSR count). The molecule has 0 aliphatic heterocycles. The van der Waals surface area contributed by atoms with Gasteiger partial charge in [0.05, 0.1) is 6.61 Å². The van der Waals surface area contributed by atoms with Crippen molar-refractivity contribution in [2.24, 2.45) is 5.92 Å². The van der Waals surface area contributed by atoms with E-state index in [0.29, 0.717) is 23.3 Å². The number of ether oxygens (including phenoxy) is 1. The molecule has 0 radical (unpaired) electrons. The Bertz CT molecular complexity index is 406. The average molecular weight is 284 g/mol. The van der Waals surface area contributed by atoms with Crippen LogP contribution in [0.4, 0.5) is 5.13 Å². The van der Waals surface area contributed by atoms with E-state index < -0.39 is 0 Å². The summed E-state index contributed by atoms with van der Waals surface area (Å²) in [4.78, 5) is 11.8. The zero-order valence-corrected chi connectivity index (χ0v) is 12.0. The van der Waals surface area contributed by atoms with Gasteiger partial charge in [0.25, 0.3) is 5.91 Å². The first kappa shape index (κ1) is 14.2. The molecule has 7 heteroatoms. The SMILES string of the molecule is CCCNc1nnc(C(=O)NCCOCC2CC2)s1. The summed E-state index contributed by atoms with van der Waals surface area (Å²) in [6.07, 6.45) is 3.58. The molecule has 0 bridgehead atoms. The smallest absolute Gasteiger partial charge is 0.282 e. The Hall–Kier alpha value is -1.21. The Morgan fingerprint density at radius 1 is 1.42 bits per heavy atom. The van der Waals surface area contributed by atoms with Crippen LogP contribution in [0.15, 0.2) is 0 Å². The van der Waals surface area contributed by atoms with E-state index >= 15 is 0 Å². The summed E-state index contributed by atoms with van der Waals surface area (Å²) in [5.41, 5.74) is 0. The molecule has 19 heavy (non-hydrogen) atoms. The fourth-order valence-corrected chi connectivity index (χ4v) is 2.15. The molecule has 1 amide bonds. The Labute approximate surface area is 116 Å². The summed E-state index contributed by atoms with van der Waals surface area (Å²) in [6, 6.07) is 0. The predicted octanol–water partition coefficient (Wildman–Crippen LogP) is 1.52. The number of nitrogens with zero attached hydrogens (tertiary/aromatic N) is 2. The molecule has 1 fully saturated rings. The number of amides is 1. The minimum Gasteiger partial charge on any atom is -0.379 e. The third-order valence-corrected chi connectivity index (χ3v) is 3.61. The van der Waals surface area contributed by atoms with Gasteiger partial charge in [-0.2, -0.15) is 0 Å². The quantitative estimate of drug-likeness (QED) is 0.672. The Kier molecular flexibility index (Phi) is 5.53. The van der Waals surface area contributed by atoms with Gasteiger partial charge in [0.2, 0.25) is 10.1 Å². The summed E-state index contributed by atoms with van der Waals surface area (Å²) in [6.45, 7) is 4.80. The number of hydrogen-bond donors (Lipinski definition) is 2. The highest BCUT2D eigenvalue weighted by Crippen LogP contribution is 2.28. The van der Waals surface area contributed by atoms with Gasteiger partial charge in [0.1, 0.15) is 0 Å². The number of carbonyl (C=O) groups is 1. The van der Waals surface area contributed by atoms with E-state index in [1.54, 1.807) is 0 Å². The van der Waals surface area contributed by atoms with Gasteiger partial charge in [-0.1, -0.05) is 18.3 Å². The van der Waals surface area contributed by atoms with Gasteiger partial charge in [-0.15, -0.1) is 10.2 Å². The molecule has 0 spiro atoms. The van der Waals surface area contributed by atoms with Crippen molar-refractivity contribution in [3.05, 3.63) is 5.01 Å². The monoisotopic (exact) mass is 284 g/mol. The molecular formula is C12H20N4O2S. The number of nitrogens with one attached hydrogen (secondary N) is 2. The number of aromatic nitrogens is 2. The van der Waals surface area contributed by atoms with E-state index in [2.05, 4.69) is 27.8 Å². The van der Waals surface area contributed by atoms with E-state index in [0.717, 1.165) is 25.5 Å². The first-order chi connectivity index (χ1) is 9.29. The third kappa shape index (κ3) is 5.12. The lowest BCUT2D eigenvalue weighted by Crippen LogP contribution is -2.27. The van der Waals surface area contributed by atoms with Crippen LogP contribution in [0.1, 0.15) is 36.0 Å². The lowest BCUT2D eigenvalue weighted by molar-refractivity contribution is 0.0905. The van der Waals surface area contributed by atoms with Crippen LogP contribution in [-0.2, 0) is 4.74 Å². The number of carbonyl (C=O) groups excluding carboxylic acids is 1. The highest BCUT2D eigenvalue weighted by Gasteiger charge is 2.21. The largest absolute Gasteiger partial charge is 0.379 e. The van der Waals surface area contributed by atoms with Crippen LogP contribution in [0.2, 0.25) is 0 Å². The minimum atomic E-state index is -0.183. The van der Waals surface area contributed by atoms with E-state index in [4.69, 9.17) is 4.74 Å². The summed E-state index contributed by atoms with van der Waals surface area (Å²) >= 11 is 1.27. The van der Waals surface area contributed by atoms with Crippen molar-refractivity contribution >= 4 is 22.4 Å². The van der Waals surface area contributed by atoms with Gasteiger partial charge in [-0.25, -0.2) is 0 Å². The van der Waals surface area contributed by atoms with Crippen LogP contribution in [0.25, 0.3) is 0 Å². The first-order valence-electron chi connectivity index (χ1n) is 6.73. The van der Waals surface area contributed by atoms with Gasteiger partial charge in [-0.05, 0) is 25.2 Å². The highest BCUT2D eigenvalue weighted by molar-refractivity contribution is 7.17. The topological polar surface area (TPSA) is 76.1 Å². The molecule has 106 valence electrons. The van der Waals surface area contributed by atoms with Crippen LogP contribution >= 0.6 is 11.3 Å². The van der Waals surface area contributed by atoms with E-state index in [1.807, 2.05) is 0 Å². The molecule has 1 saturated carbocycles. The first-order valence-corrected chi connectivity index (χ1v) is 7.54. The van der Waals surface area contributed by atoms with Crippen molar-refractivity contribution in [1.29, 1.82) is 0 Å². The fraction of sp³-hybridized carbons (Fsp3) is 0.750. The lowest BCUT2D eigenvalue weighted by atomic mass is 10.5. The molecule has 1 aliphatic carbocycles. The summed E-state index contributed by atoms with van der Waals surface area (Å²) in [5, 5.41) is 14.7. The van der Waals surface area contributed by atoms with Gasteiger partial charge in [0, 0.05) is 19.7 Å². The van der Waals surface area contributed by atoms with Crippen LogP contribution in [-0.4, -0.2) is 42.4 Å². The van der Waals surface area contributed by atoms with Crippen molar-refractivity contribution in [3.63, 3.8) is 0 Å². The molecule has 1 aromatic heterocycles. The van der Waals surface area contributed by atoms with Crippen molar-refractivity contribution < 1.29 is 9.53 Å². The summed E-state index contributed by atoms with van der Waals surface area (Å²) in [7, 11) is 0. The predicted molar refractivity (Wildman–Crippen MR) is 74.6 cm³/mol. The maximum atomic E-state index is 11.8. The van der Waals surface area contributed by atoms with Crippen molar-refractivity contribution in [1.82, 2.24) is 15.5 Å². The normalized spacial score (nSPS) is 14.4. The van der Waals surface area contributed by atoms with Gasteiger partial charge in [0.15, 0.2) is 0 Å². The summed E-state index contributed by atoms with van der Waals surface area (Å²) in [5.74, 6) is 0.572. The fourth-order valence-electron chi connectivity index (χ4n) is 1.47.